The molecule has 1 aromatic heterocycles. The zero-order valence-electron chi connectivity index (χ0n) is 6.62. The Morgan fingerprint density at radius 1 is 1.55 bits per heavy atom. The summed E-state index contributed by atoms with van der Waals surface area (Å²) in [4.78, 5) is 8.35. The van der Waals surface area contributed by atoms with Gasteiger partial charge in [0, 0.05) is 11.9 Å². The van der Waals surface area contributed by atoms with E-state index in [2.05, 4.69) is 29.5 Å². The lowest BCUT2D eigenvalue weighted by atomic mass is 10.2. The van der Waals surface area contributed by atoms with Crippen molar-refractivity contribution in [2.75, 3.05) is 0 Å². The van der Waals surface area contributed by atoms with E-state index in [1.807, 2.05) is 6.07 Å². The maximum absolute atomic E-state index is 4.29. The molecule has 0 N–H and O–H groups in total. The van der Waals surface area contributed by atoms with Crippen molar-refractivity contribution in [2.24, 2.45) is 0 Å². The van der Waals surface area contributed by atoms with Crippen LogP contribution in [0.25, 0.3) is 0 Å². The van der Waals surface area contributed by atoms with Gasteiger partial charge in [-0.1, -0.05) is 13.3 Å². The second kappa shape index (κ2) is 4.34. The summed E-state index contributed by atoms with van der Waals surface area (Å²) < 4.78 is 0. The van der Waals surface area contributed by atoms with Gasteiger partial charge in [0.2, 0.25) is 0 Å². The minimum absolute atomic E-state index is 0.623. The lowest BCUT2D eigenvalue weighted by molar-refractivity contribution is 0.854. The molecule has 1 heterocycles. The molecule has 0 spiro atoms. The van der Waals surface area contributed by atoms with Crippen LogP contribution in [0.1, 0.15) is 24.9 Å². The minimum atomic E-state index is 0.623. The van der Waals surface area contributed by atoms with Gasteiger partial charge in [0.25, 0.3) is 0 Å². The van der Waals surface area contributed by atoms with E-state index in [9.17, 15) is 0 Å². The smallest absolute Gasteiger partial charge is 0.138 e. The number of nitrogens with zero attached hydrogens (tertiary/aromatic N) is 2. The summed E-state index contributed by atoms with van der Waals surface area (Å²) in [6, 6.07) is 1.95. The number of hydrogen-bond donors (Lipinski definition) is 1. The standard InChI is InChI=1S/C8H12N2S/c1-2-3-7-4-5-9-8(6-11)10-7/h4-5,11H,2-3,6H2,1H3. The summed E-state index contributed by atoms with van der Waals surface area (Å²) in [6.07, 6.45) is 3.95. The molecule has 0 saturated carbocycles. The number of thiol groups is 1. The topological polar surface area (TPSA) is 25.8 Å². The van der Waals surface area contributed by atoms with E-state index < -0.39 is 0 Å². The Labute approximate surface area is 72.5 Å². The molecule has 0 aliphatic carbocycles. The van der Waals surface area contributed by atoms with E-state index in [4.69, 9.17) is 0 Å². The van der Waals surface area contributed by atoms with Gasteiger partial charge in [0.05, 0.1) is 5.75 Å². The lowest BCUT2D eigenvalue weighted by Crippen LogP contribution is -1.95. The van der Waals surface area contributed by atoms with E-state index in [0.717, 1.165) is 24.4 Å². The molecule has 0 saturated heterocycles. The first-order chi connectivity index (χ1) is 5.36. The highest BCUT2D eigenvalue weighted by molar-refractivity contribution is 7.79. The Morgan fingerprint density at radius 2 is 2.36 bits per heavy atom. The first-order valence-corrected chi connectivity index (χ1v) is 4.41. The van der Waals surface area contributed by atoms with E-state index in [1.54, 1.807) is 6.20 Å². The van der Waals surface area contributed by atoms with Crippen molar-refractivity contribution in [2.45, 2.75) is 25.5 Å². The number of rotatable bonds is 3. The molecule has 11 heavy (non-hydrogen) atoms. The Balaban J connectivity index is 2.74. The zero-order valence-corrected chi connectivity index (χ0v) is 7.51. The predicted molar refractivity (Wildman–Crippen MR) is 48.7 cm³/mol. The SMILES string of the molecule is CCCc1ccnc(CS)n1. The van der Waals surface area contributed by atoms with Crippen LogP contribution in [-0.2, 0) is 12.2 Å². The van der Waals surface area contributed by atoms with Gasteiger partial charge in [0.1, 0.15) is 5.82 Å². The van der Waals surface area contributed by atoms with Crippen LogP contribution in [0, 0.1) is 0 Å². The second-order valence-electron chi connectivity index (χ2n) is 2.37. The molecule has 60 valence electrons. The molecule has 0 bridgehead atoms. The molecule has 1 aromatic rings. The third-order valence-corrected chi connectivity index (χ3v) is 1.69. The van der Waals surface area contributed by atoms with E-state index in [1.165, 1.54) is 0 Å². The van der Waals surface area contributed by atoms with Crippen LogP contribution in [0.3, 0.4) is 0 Å². The molecule has 0 fully saturated rings. The molecule has 0 aliphatic rings. The van der Waals surface area contributed by atoms with E-state index in [0.29, 0.717) is 5.75 Å². The summed E-state index contributed by atoms with van der Waals surface area (Å²) in [5.41, 5.74) is 1.12. The van der Waals surface area contributed by atoms with Crippen molar-refractivity contribution >= 4 is 12.6 Å². The predicted octanol–water partition coefficient (Wildman–Crippen LogP) is 1.86. The van der Waals surface area contributed by atoms with Crippen molar-refractivity contribution in [3.05, 3.63) is 23.8 Å². The second-order valence-corrected chi connectivity index (χ2v) is 2.69. The largest absolute Gasteiger partial charge is 0.240 e. The van der Waals surface area contributed by atoms with Crippen molar-refractivity contribution < 1.29 is 0 Å². The Bertz CT molecular complexity index is 225. The number of aromatic nitrogens is 2. The molecule has 1 rings (SSSR count). The first kappa shape index (κ1) is 8.53. The average Bonchev–Trinajstić information content (AvgIpc) is 2.06. The molecule has 0 unspecified atom stereocenters. The molecule has 0 radical (unpaired) electrons. The number of aryl methyl sites for hydroxylation is 1. The van der Waals surface area contributed by atoms with Crippen LogP contribution in [0.15, 0.2) is 12.3 Å². The highest BCUT2D eigenvalue weighted by Gasteiger charge is 1.94. The summed E-state index contributed by atoms with van der Waals surface area (Å²) in [6.45, 7) is 2.14. The van der Waals surface area contributed by atoms with Crippen molar-refractivity contribution in [3.8, 4) is 0 Å². The molecular formula is C8H12N2S. The van der Waals surface area contributed by atoms with E-state index in [-0.39, 0.29) is 0 Å². The summed E-state index contributed by atoms with van der Waals surface area (Å²) in [5.74, 6) is 1.44. The monoisotopic (exact) mass is 168 g/mol. The van der Waals surface area contributed by atoms with Crippen LogP contribution in [0.5, 0.6) is 0 Å². The Kier molecular flexibility index (Phi) is 3.36. The minimum Gasteiger partial charge on any atom is -0.240 e. The quantitative estimate of drug-likeness (QED) is 0.697. The molecule has 0 amide bonds. The first-order valence-electron chi connectivity index (χ1n) is 3.78. The fourth-order valence-electron chi connectivity index (χ4n) is 0.913. The Morgan fingerprint density at radius 3 is 3.00 bits per heavy atom. The number of hydrogen-bond acceptors (Lipinski definition) is 3. The summed E-state index contributed by atoms with van der Waals surface area (Å²) >= 11 is 4.10. The van der Waals surface area contributed by atoms with Crippen LogP contribution >= 0.6 is 12.6 Å². The molecule has 0 atom stereocenters. The van der Waals surface area contributed by atoms with Crippen LogP contribution < -0.4 is 0 Å². The normalized spacial score (nSPS) is 10.0. The zero-order chi connectivity index (χ0) is 8.10. The van der Waals surface area contributed by atoms with Gasteiger partial charge < -0.3 is 0 Å². The maximum Gasteiger partial charge on any atom is 0.138 e. The molecule has 3 heteroatoms. The highest BCUT2D eigenvalue weighted by atomic mass is 32.1. The van der Waals surface area contributed by atoms with Gasteiger partial charge in [0.15, 0.2) is 0 Å². The highest BCUT2D eigenvalue weighted by Crippen LogP contribution is 2.00. The van der Waals surface area contributed by atoms with Gasteiger partial charge in [-0.25, -0.2) is 9.97 Å². The van der Waals surface area contributed by atoms with E-state index >= 15 is 0 Å². The third kappa shape index (κ3) is 2.50. The van der Waals surface area contributed by atoms with Crippen LogP contribution in [0.4, 0.5) is 0 Å². The van der Waals surface area contributed by atoms with Gasteiger partial charge in [-0.05, 0) is 12.5 Å². The van der Waals surface area contributed by atoms with Crippen molar-refractivity contribution in [1.29, 1.82) is 0 Å². The molecular weight excluding hydrogens is 156 g/mol. The maximum atomic E-state index is 4.29. The third-order valence-electron chi connectivity index (χ3n) is 1.41. The van der Waals surface area contributed by atoms with Crippen LogP contribution in [-0.4, -0.2) is 9.97 Å². The lowest BCUT2D eigenvalue weighted by Gasteiger charge is -1.98. The van der Waals surface area contributed by atoms with Gasteiger partial charge in [-0.3, -0.25) is 0 Å². The summed E-state index contributed by atoms with van der Waals surface area (Å²) in [5, 5.41) is 0. The molecule has 0 aromatic carbocycles. The van der Waals surface area contributed by atoms with Crippen LogP contribution in [0.2, 0.25) is 0 Å². The fourth-order valence-corrected chi connectivity index (χ4v) is 1.07. The van der Waals surface area contributed by atoms with Gasteiger partial charge >= 0.3 is 0 Å². The van der Waals surface area contributed by atoms with Crippen molar-refractivity contribution in [1.82, 2.24) is 9.97 Å². The fraction of sp³-hybridized carbons (Fsp3) is 0.500. The Hall–Kier alpha value is -0.570. The average molecular weight is 168 g/mol. The van der Waals surface area contributed by atoms with Gasteiger partial charge in [-0.15, -0.1) is 0 Å². The van der Waals surface area contributed by atoms with Gasteiger partial charge in [-0.2, -0.15) is 12.6 Å². The van der Waals surface area contributed by atoms with Crippen molar-refractivity contribution in [3.63, 3.8) is 0 Å². The molecule has 2 nitrogen and oxygen atoms in total. The summed E-state index contributed by atoms with van der Waals surface area (Å²) in [7, 11) is 0. The molecule has 0 aliphatic heterocycles.